The highest BCUT2D eigenvalue weighted by Gasteiger charge is 2.57. The van der Waals surface area contributed by atoms with Crippen LogP contribution in [0.1, 0.15) is 88.0 Å². The van der Waals surface area contributed by atoms with E-state index in [9.17, 15) is 50.3 Å². The number of alkyl halides is 1. The number of phenols is 1. The zero-order valence-corrected chi connectivity index (χ0v) is 60.0. The molecule has 0 saturated heterocycles. The molecule has 3 unspecified atom stereocenters. The molecule has 3 atom stereocenters. The Morgan fingerprint density at radius 3 is 1.17 bits per heavy atom. The first kappa shape index (κ1) is 86.9. The van der Waals surface area contributed by atoms with Crippen molar-refractivity contribution in [2.24, 2.45) is 0 Å². The van der Waals surface area contributed by atoms with E-state index < -0.39 is 94.8 Å². The average Bonchev–Trinajstić information content (AvgIpc) is 0.736. The number of benzene rings is 8. The number of ether oxygens (including phenoxy) is 10. The lowest BCUT2D eigenvalue weighted by molar-refractivity contribution is -0.156. The van der Waals surface area contributed by atoms with E-state index in [1.807, 2.05) is 92.7 Å². The van der Waals surface area contributed by atoms with Crippen LogP contribution in [0, 0.1) is 34.9 Å². The number of carbonyl (C=O) groups is 5. The van der Waals surface area contributed by atoms with Crippen molar-refractivity contribution in [2.75, 3.05) is 52.9 Å². The largest absolute Gasteiger partial charge is 1.00 e. The molecular weight excluding hydrogens is 1400 g/mol. The van der Waals surface area contributed by atoms with Crippen LogP contribution in [0.15, 0.2) is 194 Å². The van der Waals surface area contributed by atoms with Gasteiger partial charge in [-0.1, -0.05) is 127 Å². The summed E-state index contributed by atoms with van der Waals surface area (Å²) in [6.45, 7) is 16.4. The smallest absolute Gasteiger partial charge is 0.376 e. The summed E-state index contributed by atoms with van der Waals surface area (Å²) in [6.07, 6.45) is 0.663. The summed E-state index contributed by atoms with van der Waals surface area (Å²) in [7, 11) is -2.46. The monoisotopic (exact) mass is 1480 g/mol. The Bertz CT molecular complexity index is 3670. The molecule has 0 aliphatic rings. The van der Waals surface area contributed by atoms with Gasteiger partial charge in [-0.05, 0) is 157 Å². The van der Waals surface area contributed by atoms with Gasteiger partial charge in [0.15, 0.2) is 65.5 Å². The molecule has 0 aliphatic heterocycles. The summed E-state index contributed by atoms with van der Waals surface area (Å²) in [5.74, 6) is -10.6. The highest BCUT2D eigenvalue weighted by molar-refractivity contribution is 7.96. The molecule has 25 heteroatoms. The molecule has 102 heavy (non-hydrogen) atoms. The molecule has 0 amide bonds. The molecule has 8 rings (SSSR count). The second-order valence-corrected chi connectivity index (χ2v) is 24.4. The maximum Gasteiger partial charge on any atom is 0.376 e. The minimum absolute atomic E-state index is 0. The van der Waals surface area contributed by atoms with E-state index in [0.717, 1.165) is 63.4 Å². The highest BCUT2D eigenvalue weighted by atomic mass is 35.5. The second-order valence-electron chi connectivity index (χ2n) is 20.6. The number of esters is 4. The van der Waals surface area contributed by atoms with E-state index in [1.54, 1.807) is 77.9 Å². The summed E-state index contributed by atoms with van der Waals surface area (Å²) in [4.78, 5) is 57.7. The van der Waals surface area contributed by atoms with Crippen molar-refractivity contribution < 1.29 is 115 Å². The molecule has 0 saturated carbocycles. The maximum absolute atomic E-state index is 14.2. The van der Waals surface area contributed by atoms with Gasteiger partial charge in [0, 0.05) is 31.8 Å². The zero-order chi connectivity index (χ0) is 74.1. The van der Waals surface area contributed by atoms with Crippen molar-refractivity contribution in [2.45, 2.75) is 92.5 Å². The molecule has 0 aromatic heterocycles. The van der Waals surface area contributed by atoms with Gasteiger partial charge in [-0.25, -0.2) is 45.5 Å². The third kappa shape index (κ3) is 27.6. The minimum atomic E-state index is -2.46. The van der Waals surface area contributed by atoms with Crippen LogP contribution in [0.2, 0.25) is 0 Å². The molecule has 0 bridgehead atoms. The Kier molecular flexibility index (Phi) is 40.7. The van der Waals surface area contributed by atoms with Crippen molar-refractivity contribution in [3.8, 4) is 17.2 Å². The molecule has 16 nitrogen and oxygen atoms in total. The van der Waals surface area contributed by atoms with E-state index in [1.165, 1.54) is 6.08 Å². The van der Waals surface area contributed by atoms with Gasteiger partial charge in [0.2, 0.25) is 11.3 Å². The van der Waals surface area contributed by atoms with Crippen LogP contribution in [0.5, 0.6) is 17.2 Å². The number of phenolic OH excluding ortho intramolecular Hbond substituents is 1. The Hall–Kier alpha value is -9.28. The van der Waals surface area contributed by atoms with E-state index >= 15 is 0 Å². The molecule has 1 N–H and O–H groups in total. The van der Waals surface area contributed by atoms with E-state index in [4.69, 9.17) is 59.3 Å². The molecule has 0 aliphatic carbocycles. The number of aromatic hydroxyl groups is 1. The quantitative estimate of drug-likeness (QED) is 0.00651. The van der Waals surface area contributed by atoms with E-state index in [2.05, 4.69) is 41.1 Å². The third-order valence-electron chi connectivity index (χ3n) is 13.6. The minimum Gasteiger partial charge on any atom is -1.00 e. The lowest BCUT2D eigenvalue weighted by Gasteiger charge is -2.32. The molecule has 0 fully saturated rings. The normalized spacial score (nSPS) is 11.5. The number of hydrogen-bond donors (Lipinski definition) is 1. The molecule has 0 heterocycles. The third-order valence-corrected chi connectivity index (χ3v) is 18.3. The van der Waals surface area contributed by atoms with Gasteiger partial charge in [0.1, 0.15) is 35.4 Å². The van der Waals surface area contributed by atoms with Gasteiger partial charge >= 0.3 is 23.9 Å². The first-order valence-corrected chi connectivity index (χ1v) is 34.5. The Balaban J connectivity index is 0.000000342. The van der Waals surface area contributed by atoms with Crippen LogP contribution in [0.4, 0.5) is 26.3 Å². The molecule has 8 aromatic rings. The molecule has 548 valence electrons. The van der Waals surface area contributed by atoms with Crippen LogP contribution in [0.25, 0.3) is 6.08 Å². The number of aldehydes is 1. The van der Waals surface area contributed by atoms with Gasteiger partial charge in [-0.3, -0.25) is 4.79 Å². The van der Waals surface area contributed by atoms with Gasteiger partial charge < -0.3 is 64.9 Å². The number of carbonyl (C=O) groups excluding carboxylic acids is 5. The first-order valence-electron chi connectivity index (χ1n) is 32.2. The summed E-state index contributed by atoms with van der Waals surface area (Å²) in [5.41, 5.74) is 0.914. The Morgan fingerprint density at radius 1 is 0.431 bits per heavy atom. The van der Waals surface area contributed by atoms with Crippen molar-refractivity contribution in [1.29, 1.82) is 0 Å². The number of hydrogen-bond acceptors (Lipinski definition) is 16. The SMILES string of the molecule is CCOC(=O)/C(=C/c1cc(F)c(OCc2ccccc2)c(F)c1)OCC.CCOC(=O)C(Cc1cc(F)c(O)c(F)c1)OCC.CCOC(=O)C(Cl)OCC.CCOC(=O)C(OCC)[P+](c1ccccc1)(c1ccccc1)c1ccccc1.O=Cc1cc(F)c(OCc2ccccc2)c(F)c1.[Cl-]. The molecule has 0 radical (unpaired) electrons. The predicted octanol–water partition coefficient (Wildman–Crippen LogP) is 12.1. The zero-order valence-electron chi connectivity index (χ0n) is 57.6. The summed E-state index contributed by atoms with van der Waals surface area (Å²) in [6, 6.07) is 54.7. The second kappa shape index (κ2) is 47.8. The van der Waals surface area contributed by atoms with Gasteiger partial charge in [-0.2, -0.15) is 0 Å². The van der Waals surface area contributed by atoms with Crippen LogP contribution >= 0.6 is 18.9 Å². The topological polar surface area (TPSA) is 198 Å². The maximum atomic E-state index is 14.2. The predicted molar refractivity (Wildman–Crippen MR) is 375 cm³/mol. The standard InChI is InChI=1S/C24H26O3P.C20H20F2O4.C14H10F2O2.C13H16F2O4.C6H11ClO3.ClH/c1-3-26-23(25)24(27-4-2)28(20-14-8-5-9-15-20,21-16-10-6-11-17-21)22-18-12-7-13-19-22;1-3-24-18(20(23)25-4-2)12-15-10-16(21)19(17(22)11-15)26-13-14-8-6-5-7-9-14;15-12-6-11(8-17)7-13(16)14(12)18-9-10-4-2-1-3-5-10;1-3-18-11(13(17)19-4-2)7-8-5-9(14)12(16)10(15)6-8;1-3-9-5(7)6(8)10-4-2;/h5-19,24H,3-4H2,1-2H3;5-12H,3-4,13H2,1-2H3;1-8H,9H2;5-6,11,16H,3-4,7H2,1-2H3;5H,3-4H2,1-2H3;1H/q+1;;;;;/p-1/b;18-12-;;;;. The summed E-state index contributed by atoms with van der Waals surface area (Å²) < 4.78 is 133. The van der Waals surface area contributed by atoms with Crippen molar-refractivity contribution in [3.05, 3.63) is 257 Å². The van der Waals surface area contributed by atoms with Crippen LogP contribution in [0.3, 0.4) is 0 Å². The van der Waals surface area contributed by atoms with Crippen LogP contribution in [-0.4, -0.2) is 106 Å². The average molecular weight is 1480 g/mol. The van der Waals surface area contributed by atoms with Crippen molar-refractivity contribution in [3.63, 3.8) is 0 Å². The highest BCUT2D eigenvalue weighted by Crippen LogP contribution is 2.60. The number of rotatable bonds is 30. The van der Waals surface area contributed by atoms with Crippen molar-refractivity contribution in [1.82, 2.24) is 0 Å². The lowest BCUT2D eigenvalue weighted by atomic mass is 10.1. The Morgan fingerprint density at radius 2 is 0.794 bits per heavy atom. The lowest BCUT2D eigenvalue weighted by Crippen LogP contribution is -3.00. The van der Waals surface area contributed by atoms with Crippen LogP contribution in [-0.2, 0) is 76.7 Å². The molecule has 8 aromatic carbocycles. The fraction of sp³-hybridized carbons (Fsp3) is 0.286. The van der Waals surface area contributed by atoms with Crippen molar-refractivity contribution >= 4 is 71.0 Å². The van der Waals surface area contributed by atoms with Crippen LogP contribution < -0.4 is 37.8 Å². The summed E-state index contributed by atoms with van der Waals surface area (Å²) in [5, 5.41) is 12.3. The van der Waals surface area contributed by atoms with Gasteiger partial charge in [0.05, 0.1) is 33.0 Å². The van der Waals surface area contributed by atoms with E-state index in [-0.39, 0.29) is 86.9 Å². The molecular formula is C77H83Cl2F6O16P. The summed E-state index contributed by atoms with van der Waals surface area (Å²) >= 11 is 5.41. The van der Waals surface area contributed by atoms with Gasteiger partial charge in [0.25, 0.3) is 5.85 Å². The van der Waals surface area contributed by atoms with E-state index in [0.29, 0.717) is 32.7 Å². The Labute approximate surface area is 602 Å². The fourth-order valence-electron chi connectivity index (χ4n) is 9.29. The molecule has 0 spiro atoms. The van der Waals surface area contributed by atoms with Gasteiger partial charge in [-0.15, -0.1) is 0 Å². The first-order chi connectivity index (χ1) is 48.7. The fourth-order valence-corrected chi connectivity index (χ4v) is 13.9. The number of halogens is 8.